The first-order valence-electron chi connectivity index (χ1n) is 8.90. The third kappa shape index (κ3) is 4.09. The van der Waals surface area contributed by atoms with Crippen LogP contribution in [0.4, 0.5) is 10.5 Å². The van der Waals surface area contributed by atoms with Crippen molar-refractivity contribution in [2.24, 2.45) is 0 Å². The van der Waals surface area contributed by atoms with Crippen LogP contribution in [-0.4, -0.2) is 34.5 Å². The monoisotopic (exact) mass is 367 g/mol. The molecule has 2 aromatic heterocycles. The maximum atomic E-state index is 12.6. The summed E-state index contributed by atoms with van der Waals surface area (Å²) in [4.78, 5) is 17.0. The summed E-state index contributed by atoms with van der Waals surface area (Å²) in [5, 5.41) is 11.1. The van der Waals surface area contributed by atoms with Crippen LogP contribution in [0, 0.1) is 0 Å². The predicted molar refractivity (Wildman–Crippen MR) is 106 cm³/mol. The van der Waals surface area contributed by atoms with Gasteiger partial charge in [0.2, 0.25) is 0 Å². The minimum absolute atomic E-state index is 0.220. The van der Waals surface area contributed by atoms with Gasteiger partial charge >= 0.3 is 6.03 Å². The molecule has 1 aromatic carbocycles. The van der Waals surface area contributed by atoms with E-state index in [4.69, 9.17) is 4.74 Å². The fourth-order valence-electron chi connectivity index (χ4n) is 3.09. The second-order valence-corrected chi connectivity index (χ2v) is 7.03. The molecular weight excluding hydrogens is 342 g/mol. The molecule has 0 aliphatic heterocycles. The molecule has 0 unspecified atom stereocenters. The smallest absolute Gasteiger partial charge is 0.320 e. The summed E-state index contributed by atoms with van der Waals surface area (Å²) >= 11 is 0. The van der Waals surface area contributed by atoms with Gasteiger partial charge in [-0.25, -0.2) is 14.5 Å². The Morgan fingerprint density at radius 2 is 2.00 bits per heavy atom. The Kier molecular flexibility index (Phi) is 5.41. The molecule has 0 aliphatic rings. The number of hydrogen-bond acceptors (Lipinski definition) is 4. The summed E-state index contributed by atoms with van der Waals surface area (Å²) in [7, 11) is 1.62. The number of rotatable bonds is 6. The van der Waals surface area contributed by atoms with Crippen molar-refractivity contribution in [3.63, 3.8) is 0 Å². The Morgan fingerprint density at radius 1 is 1.26 bits per heavy atom. The van der Waals surface area contributed by atoms with E-state index in [0.29, 0.717) is 12.3 Å². The number of amides is 2. The van der Waals surface area contributed by atoms with Crippen LogP contribution in [0.1, 0.15) is 32.4 Å². The van der Waals surface area contributed by atoms with Gasteiger partial charge in [-0.1, -0.05) is 30.3 Å². The van der Waals surface area contributed by atoms with Crippen LogP contribution < -0.4 is 10.6 Å². The van der Waals surface area contributed by atoms with Crippen LogP contribution in [-0.2, 0) is 10.3 Å². The second kappa shape index (κ2) is 7.75. The number of urea groups is 1. The zero-order valence-corrected chi connectivity index (χ0v) is 16.1. The molecule has 142 valence electrons. The number of nitrogens with one attached hydrogen (secondary N) is 2. The van der Waals surface area contributed by atoms with Crippen LogP contribution in [0.25, 0.3) is 11.0 Å². The summed E-state index contributed by atoms with van der Waals surface area (Å²) in [5.74, 6) is 0. The molecule has 7 nitrogen and oxygen atoms in total. The van der Waals surface area contributed by atoms with Crippen molar-refractivity contribution >= 4 is 22.8 Å². The van der Waals surface area contributed by atoms with Gasteiger partial charge < -0.3 is 15.4 Å². The topological polar surface area (TPSA) is 81.1 Å². The van der Waals surface area contributed by atoms with Gasteiger partial charge in [-0.05, 0) is 32.4 Å². The Bertz CT molecular complexity index is 923. The number of fused-ring (bicyclic) bond motifs is 1. The number of aromatic nitrogens is 3. The molecule has 1 atom stereocenters. The molecule has 3 rings (SSSR count). The van der Waals surface area contributed by atoms with E-state index in [2.05, 4.69) is 20.7 Å². The van der Waals surface area contributed by atoms with Crippen LogP contribution in [0.2, 0.25) is 0 Å². The van der Waals surface area contributed by atoms with E-state index in [-0.39, 0.29) is 12.1 Å². The zero-order chi connectivity index (χ0) is 19.4. The largest absolute Gasteiger partial charge is 0.382 e. The van der Waals surface area contributed by atoms with Crippen molar-refractivity contribution in [1.29, 1.82) is 0 Å². The molecule has 0 bridgehead atoms. The van der Waals surface area contributed by atoms with Crippen molar-refractivity contribution in [3.05, 3.63) is 54.4 Å². The maximum Gasteiger partial charge on any atom is 0.320 e. The SMILES string of the molecule is COC[C@@](C)(NC(=O)Nc1cnc2c(cnn2C(C)C)c1)c1ccccc1. The molecule has 0 radical (unpaired) electrons. The molecule has 0 aliphatic carbocycles. The van der Waals surface area contributed by atoms with Gasteiger partial charge in [0.25, 0.3) is 0 Å². The number of pyridine rings is 1. The van der Waals surface area contributed by atoms with E-state index < -0.39 is 5.54 Å². The number of benzene rings is 1. The molecular formula is C20H25N5O2. The Morgan fingerprint density at radius 3 is 2.67 bits per heavy atom. The summed E-state index contributed by atoms with van der Waals surface area (Å²) in [6.07, 6.45) is 3.39. The molecule has 0 fully saturated rings. The predicted octanol–water partition coefficient (Wildman–Crippen LogP) is 3.70. The van der Waals surface area contributed by atoms with E-state index in [1.807, 2.05) is 61.9 Å². The fourth-order valence-corrected chi connectivity index (χ4v) is 3.09. The molecule has 3 aromatic rings. The third-order valence-corrected chi connectivity index (χ3v) is 4.41. The van der Waals surface area contributed by atoms with Gasteiger partial charge in [0, 0.05) is 18.5 Å². The van der Waals surface area contributed by atoms with Gasteiger partial charge in [0.05, 0.1) is 30.2 Å². The minimum atomic E-state index is -0.653. The van der Waals surface area contributed by atoms with Gasteiger partial charge in [0.15, 0.2) is 5.65 Å². The lowest BCUT2D eigenvalue weighted by molar-refractivity contribution is 0.123. The van der Waals surface area contributed by atoms with Crippen LogP contribution in [0.15, 0.2) is 48.8 Å². The summed E-state index contributed by atoms with van der Waals surface area (Å²) in [6, 6.07) is 11.5. The normalized spacial score (nSPS) is 13.5. The number of methoxy groups -OCH3 is 1. The maximum absolute atomic E-state index is 12.6. The van der Waals surface area contributed by atoms with E-state index >= 15 is 0 Å². The highest BCUT2D eigenvalue weighted by atomic mass is 16.5. The molecule has 0 spiro atoms. The van der Waals surface area contributed by atoms with Gasteiger partial charge in [-0.2, -0.15) is 5.10 Å². The van der Waals surface area contributed by atoms with Gasteiger partial charge in [-0.3, -0.25) is 0 Å². The summed E-state index contributed by atoms with van der Waals surface area (Å²) in [6.45, 7) is 6.38. The highest BCUT2D eigenvalue weighted by molar-refractivity contribution is 5.92. The van der Waals surface area contributed by atoms with Crippen LogP contribution in [0.3, 0.4) is 0 Å². The van der Waals surface area contributed by atoms with Crippen molar-refractivity contribution in [1.82, 2.24) is 20.1 Å². The number of carbonyl (C=O) groups is 1. The summed E-state index contributed by atoms with van der Waals surface area (Å²) < 4.78 is 7.18. The lowest BCUT2D eigenvalue weighted by atomic mass is 9.93. The van der Waals surface area contributed by atoms with Gasteiger partial charge in [-0.15, -0.1) is 0 Å². The first kappa shape index (κ1) is 18.8. The number of anilines is 1. The fraction of sp³-hybridized carbons (Fsp3) is 0.350. The minimum Gasteiger partial charge on any atom is -0.382 e. The van der Waals surface area contributed by atoms with Crippen LogP contribution >= 0.6 is 0 Å². The standard InChI is InChI=1S/C20H25N5O2/c1-14(2)25-18-15(11-22-25)10-17(12-21-18)23-19(26)24-20(3,13-27-4)16-8-6-5-7-9-16/h5-12,14H,13H2,1-4H3,(H2,23,24,26)/t20-/m1/s1. The molecule has 0 saturated carbocycles. The van der Waals surface area contributed by atoms with E-state index in [9.17, 15) is 4.79 Å². The first-order chi connectivity index (χ1) is 12.9. The Hall–Kier alpha value is -2.93. The van der Waals surface area contributed by atoms with Crippen LogP contribution in [0.5, 0.6) is 0 Å². The lowest BCUT2D eigenvalue weighted by Gasteiger charge is -2.30. The lowest BCUT2D eigenvalue weighted by Crippen LogP contribution is -2.48. The van der Waals surface area contributed by atoms with E-state index in [1.54, 1.807) is 19.5 Å². The van der Waals surface area contributed by atoms with Gasteiger partial charge in [0.1, 0.15) is 0 Å². The van der Waals surface area contributed by atoms with Crippen molar-refractivity contribution < 1.29 is 9.53 Å². The van der Waals surface area contributed by atoms with Crippen molar-refractivity contribution in [2.45, 2.75) is 32.4 Å². The van der Waals surface area contributed by atoms with E-state index in [1.165, 1.54) is 0 Å². The quantitative estimate of drug-likeness (QED) is 0.696. The number of nitrogens with zero attached hydrogens (tertiary/aromatic N) is 3. The highest BCUT2D eigenvalue weighted by Gasteiger charge is 2.28. The molecule has 2 heterocycles. The van der Waals surface area contributed by atoms with E-state index in [0.717, 1.165) is 16.6 Å². The highest BCUT2D eigenvalue weighted by Crippen LogP contribution is 2.22. The number of ether oxygens (including phenoxy) is 1. The molecule has 0 saturated heterocycles. The number of carbonyl (C=O) groups excluding carboxylic acids is 1. The second-order valence-electron chi connectivity index (χ2n) is 7.03. The van der Waals surface area contributed by atoms with Crippen molar-refractivity contribution in [2.75, 3.05) is 19.0 Å². The Labute approximate surface area is 158 Å². The zero-order valence-electron chi connectivity index (χ0n) is 16.1. The average molecular weight is 367 g/mol. The molecule has 2 N–H and O–H groups in total. The average Bonchev–Trinajstić information content (AvgIpc) is 3.06. The first-order valence-corrected chi connectivity index (χ1v) is 8.90. The molecule has 27 heavy (non-hydrogen) atoms. The molecule has 7 heteroatoms. The molecule has 2 amide bonds. The summed E-state index contributed by atoms with van der Waals surface area (Å²) in [5.41, 5.74) is 1.72. The third-order valence-electron chi connectivity index (χ3n) is 4.41. The Balaban J connectivity index is 1.77. The number of hydrogen-bond donors (Lipinski definition) is 2. The van der Waals surface area contributed by atoms with Crippen molar-refractivity contribution in [3.8, 4) is 0 Å².